The smallest absolute Gasteiger partial charge is 0.0662 e. The molecule has 1 atom stereocenters. The fraction of sp³-hybridized carbons (Fsp3) is 0.500. The number of hydrogen-bond acceptors (Lipinski definition) is 2. The van der Waals surface area contributed by atoms with E-state index in [1.165, 1.54) is 19.3 Å². The normalized spacial score (nSPS) is 18.5. The second kappa shape index (κ2) is 5.24. The molecule has 1 N–H and O–H groups in total. The van der Waals surface area contributed by atoms with Crippen molar-refractivity contribution in [2.24, 2.45) is 5.92 Å². The highest BCUT2D eigenvalue weighted by Crippen LogP contribution is 2.32. The first kappa shape index (κ1) is 11.3. The van der Waals surface area contributed by atoms with E-state index in [2.05, 4.69) is 0 Å². The van der Waals surface area contributed by atoms with Crippen LogP contribution in [0, 0.1) is 5.92 Å². The van der Waals surface area contributed by atoms with E-state index in [9.17, 15) is 5.11 Å². The Labute approximate surface area is 99.8 Å². The fourth-order valence-corrected chi connectivity index (χ4v) is 2.97. The maximum atomic E-state index is 9.85. The molecule has 0 aliphatic heterocycles. The van der Waals surface area contributed by atoms with Gasteiger partial charge in [0.05, 0.1) is 6.10 Å². The first-order valence-corrected chi connectivity index (χ1v) is 6.68. The van der Waals surface area contributed by atoms with Crippen LogP contribution in [0.2, 0.25) is 5.02 Å². The molecule has 0 bridgehead atoms. The van der Waals surface area contributed by atoms with E-state index in [4.69, 9.17) is 11.6 Å². The van der Waals surface area contributed by atoms with Gasteiger partial charge in [0.25, 0.3) is 0 Å². The van der Waals surface area contributed by atoms with Crippen LogP contribution in [0.15, 0.2) is 29.2 Å². The summed E-state index contributed by atoms with van der Waals surface area (Å²) in [6, 6.07) is 7.79. The SMILES string of the molecule is OC(CSc1cccc(Cl)c1)C1CCC1. The third-order valence-electron chi connectivity index (χ3n) is 2.91. The van der Waals surface area contributed by atoms with Gasteiger partial charge in [0.15, 0.2) is 0 Å². The average Bonchev–Trinajstić information content (AvgIpc) is 2.12. The van der Waals surface area contributed by atoms with Gasteiger partial charge in [0, 0.05) is 15.7 Å². The minimum Gasteiger partial charge on any atom is -0.392 e. The Morgan fingerprint density at radius 1 is 1.47 bits per heavy atom. The molecule has 0 aromatic heterocycles. The molecule has 1 saturated carbocycles. The van der Waals surface area contributed by atoms with Crippen molar-refractivity contribution < 1.29 is 5.11 Å². The topological polar surface area (TPSA) is 20.2 Å². The molecule has 1 nitrogen and oxygen atoms in total. The number of aliphatic hydroxyl groups excluding tert-OH is 1. The van der Waals surface area contributed by atoms with Gasteiger partial charge in [-0.05, 0) is 37.0 Å². The Bertz CT molecular complexity index is 325. The van der Waals surface area contributed by atoms with Crippen molar-refractivity contribution in [3.05, 3.63) is 29.3 Å². The van der Waals surface area contributed by atoms with Crippen molar-refractivity contribution in [1.82, 2.24) is 0 Å². The van der Waals surface area contributed by atoms with Gasteiger partial charge < -0.3 is 5.11 Å². The quantitative estimate of drug-likeness (QED) is 0.815. The molecule has 0 radical (unpaired) electrons. The lowest BCUT2D eigenvalue weighted by Crippen LogP contribution is -2.28. The van der Waals surface area contributed by atoms with Crippen molar-refractivity contribution in [3.8, 4) is 0 Å². The largest absolute Gasteiger partial charge is 0.392 e. The number of thioether (sulfide) groups is 1. The second-order valence-corrected chi connectivity index (χ2v) is 5.56. The van der Waals surface area contributed by atoms with Crippen molar-refractivity contribution in [3.63, 3.8) is 0 Å². The Balaban J connectivity index is 1.81. The van der Waals surface area contributed by atoms with Crippen molar-refractivity contribution in [1.29, 1.82) is 0 Å². The number of hydrogen-bond donors (Lipinski definition) is 1. The van der Waals surface area contributed by atoms with Gasteiger partial charge in [-0.3, -0.25) is 0 Å². The molecule has 0 saturated heterocycles. The number of benzene rings is 1. The molecule has 82 valence electrons. The summed E-state index contributed by atoms with van der Waals surface area (Å²) in [5, 5.41) is 10.6. The first-order valence-electron chi connectivity index (χ1n) is 5.32. The maximum Gasteiger partial charge on any atom is 0.0662 e. The molecular weight excluding hydrogens is 228 g/mol. The van der Waals surface area contributed by atoms with Gasteiger partial charge in [-0.1, -0.05) is 24.1 Å². The number of halogens is 1. The highest BCUT2D eigenvalue weighted by atomic mass is 35.5. The van der Waals surface area contributed by atoms with Crippen LogP contribution < -0.4 is 0 Å². The summed E-state index contributed by atoms with van der Waals surface area (Å²) in [7, 11) is 0. The Hall–Kier alpha value is -0.180. The molecular formula is C12H15ClOS. The first-order chi connectivity index (χ1) is 7.25. The Kier molecular flexibility index (Phi) is 3.95. The van der Waals surface area contributed by atoms with Gasteiger partial charge in [-0.25, -0.2) is 0 Å². The van der Waals surface area contributed by atoms with Crippen LogP contribution in [0.5, 0.6) is 0 Å². The molecule has 1 aromatic carbocycles. The molecule has 1 aromatic rings. The van der Waals surface area contributed by atoms with Crippen molar-refractivity contribution >= 4 is 23.4 Å². The van der Waals surface area contributed by atoms with Crippen LogP contribution in [0.4, 0.5) is 0 Å². The van der Waals surface area contributed by atoms with Gasteiger partial charge >= 0.3 is 0 Å². The van der Waals surface area contributed by atoms with E-state index in [1.54, 1.807) is 11.8 Å². The molecule has 2 rings (SSSR count). The fourth-order valence-electron chi connectivity index (χ4n) is 1.70. The standard InChI is InChI=1S/C12H15ClOS/c13-10-5-2-6-11(7-10)15-8-12(14)9-3-1-4-9/h2,5-7,9,12,14H,1,3-4,8H2. The molecule has 1 aliphatic rings. The highest BCUT2D eigenvalue weighted by Gasteiger charge is 2.25. The minimum absolute atomic E-state index is 0.150. The molecule has 15 heavy (non-hydrogen) atoms. The van der Waals surface area contributed by atoms with Crippen molar-refractivity contribution in [2.45, 2.75) is 30.3 Å². The molecule has 1 unspecified atom stereocenters. The third-order valence-corrected chi connectivity index (χ3v) is 4.24. The molecule has 3 heteroatoms. The summed E-state index contributed by atoms with van der Waals surface area (Å²) >= 11 is 7.57. The zero-order valence-electron chi connectivity index (χ0n) is 8.53. The zero-order chi connectivity index (χ0) is 10.7. The highest BCUT2D eigenvalue weighted by molar-refractivity contribution is 7.99. The van der Waals surface area contributed by atoms with Gasteiger partial charge in [0.2, 0.25) is 0 Å². The number of rotatable bonds is 4. The van der Waals surface area contributed by atoms with Crippen LogP contribution in [-0.4, -0.2) is 17.0 Å². The van der Waals surface area contributed by atoms with E-state index in [0.717, 1.165) is 15.7 Å². The lowest BCUT2D eigenvalue weighted by molar-refractivity contribution is 0.0817. The summed E-state index contributed by atoms with van der Waals surface area (Å²) in [4.78, 5) is 1.14. The molecule has 0 amide bonds. The summed E-state index contributed by atoms with van der Waals surface area (Å²) in [5.74, 6) is 1.32. The summed E-state index contributed by atoms with van der Waals surface area (Å²) in [6.45, 7) is 0. The molecule has 0 heterocycles. The van der Waals surface area contributed by atoms with Crippen LogP contribution >= 0.6 is 23.4 Å². The average molecular weight is 243 g/mol. The Morgan fingerprint density at radius 3 is 2.87 bits per heavy atom. The summed E-state index contributed by atoms with van der Waals surface area (Å²) in [6.07, 6.45) is 3.51. The van der Waals surface area contributed by atoms with Crippen LogP contribution in [-0.2, 0) is 0 Å². The monoisotopic (exact) mass is 242 g/mol. The van der Waals surface area contributed by atoms with Crippen molar-refractivity contribution in [2.75, 3.05) is 5.75 Å². The lowest BCUT2D eigenvalue weighted by Gasteiger charge is -2.29. The van der Waals surface area contributed by atoms with E-state index < -0.39 is 0 Å². The summed E-state index contributed by atoms with van der Waals surface area (Å²) in [5.41, 5.74) is 0. The number of aliphatic hydroxyl groups is 1. The van der Waals surface area contributed by atoms with Gasteiger partial charge in [0.1, 0.15) is 0 Å². The van der Waals surface area contributed by atoms with Crippen LogP contribution in [0.1, 0.15) is 19.3 Å². The Morgan fingerprint density at radius 2 is 2.27 bits per heavy atom. The third kappa shape index (κ3) is 3.13. The predicted molar refractivity (Wildman–Crippen MR) is 65.5 cm³/mol. The predicted octanol–water partition coefficient (Wildman–Crippen LogP) is 3.59. The summed E-state index contributed by atoms with van der Waals surface area (Å²) < 4.78 is 0. The van der Waals surface area contributed by atoms with Crippen LogP contribution in [0.3, 0.4) is 0 Å². The van der Waals surface area contributed by atoms with E-state index in [0.29, 0.717) is 5.92 Å². The van der Waals surface area contributed by atoms with Crippen LogP contribution in [0.25, 0.3) is 0 Å². The van der Waals surface area contributed by atoms with Gasteiger partial charge in [-0.15, -0.1) is 11.8 Å². The van der Waals surface area contributed by atoms with E-state index in [-0.39, 0.29) is 6.10 Å². The molecule has 1 aliphatic carbocycles. The lowest BCUT2D eigenvalue weighted by atomic mass is 9.82. The molecule has 0 spiro atoms. The van der Waals surface area contributed by atoms with E-state index in [1.807, 2.05) is 24.3 Å². The van der Waals surface area contributed by atoms with E-state index >= 15 is 0 Å². The van der Waals surface area contributed by atoms with Gasteiger partial charge in [-0.2, -0.15) is 0 Å². The minimum atomic E-state index is -0.150. The second-order valence-electron chi connectivity index (χ2n) is 4.03. The molecule has 1 fully saturated rings. The zero-order valence-corrected chi connectivity index (χ0v) is 10.1. The maximum absolute atomic E-state index is 9.85.